The third-order valence-corrected chi connectivity index (χ3v) is 2.47. The second-order valence-electron chi connectivity index (χ2n) is 2.44. The van der Waals surface area contributed by atoms with E-state index in [4.69, 9.17) is 10.6 Å². The summed E-state index contributed by atoms with van der Waals surface area (Å²) >= 11 is 1.91. The molecule has 64 valence electrons. The van der Waals surface area contributed by atoms with Crippen molar-refractivity contribution in [2.45, 2.75) is 12.8 Å². The average molecular weight is 174 g/mol. The molecule has 0 atom stereocenters. The van der Waals surface area contributed by atoms with Crippen LogP contribution in [0.2, 0.25) is 0 Å². The van der Waals surface area contributed by atoms with Crippen LogP contribution < -0.4 is 5.73 Å². The highest BCUT2D eigenvalue weighted by molar-refractivity contribution is 8.00. The van der Waals surface area contributed by atoms with Gasteiger partial charge in [-0.2, -0.15) is 11.8 Å². The van der Waals surface area contributed by atoms with E-state index >= 15 is 0 Å². The van der Waals surface area contributed by atoms with E-state index in [0.29, 0.717) is 13.2 Å². The molecular weight excluding hydrogens is 160 g/mol. The normalized spacial score (nSPS) is 21.0. The summed E-state index contributed by atoms with van der Waals surface area (Å²) in [5.41, 5.74) is 6.48. The molecule has 1 aliphatic rings. The van der Waals surface area contributed by atoms with Crippen LogP contribution in [0.25, 0.3) is 0 Å². The van der Waals surface area contributed by atoms with E-state index in [1.807, 2.05) is 11.8 Å². The van der Waals surface area contributed by atoms with E-state index in [9.17, 15) is 0 Å². The maximum atomic E-state index is 5.29. The van der Waals surface area contributed by atoms with Crippen molar-refractivity contribution in [3.63, 3.8) is 0 Å². The fraction of sp³-hybridized carbons (Fsp3) is 0.857. The second-order valence-corrected chi connectivity index (χ2v) is 3.54. The number of rotatable bonds is 4. The van der Waals surface area contributed by atoms with Gasteiger partial charge in [-0.15, -0.1) is 0 Å². The fourth-order valence-electron chi connectivity index (χ4n) is 0.809. The molecule has 1 heterocycles. The van der Waals surface area contributed by atoms with Gasteiger partial charge in [0.15, 0.2) is 0 Å². The summed E-state index contributed by atoms with van der Waals surface area (Å²) in [7, 11) is 0. The molecule has 2 N–H and O–H groups in total. The van der Waals surface area contributed by atoms with E-state index in [-0.39, 0.29) is 0 Å². The quantitative estimate of drug-likeness (QED) is 0.507. The van der Waals surface area contributed by atoms with Crippen LogP contribution in [0.4, 0.5) is 0 Å². The van der Waals surface area contributed by atoms with Gasteiger partial charge in [-0.1, -0.05) is 5.16 Å². The first-order valence-corrected chi connectivity index (χ1v) is 5.04. The predicted molar refractivity (Wildman–Crippen MR) is 49.0 cm³/mol. The summed E-state index contributed by atoms with van der Waals surface area (Å²) in [6.07, 6.45) is 1.98. The molecule has 11 heavy (non-hydrogen) atoms. The molecule has 3 nitrogen and oxygen atoms in total. The van der Waals surface area contributed by atoms with Gasteiger partial charge in [-0.05, 0) is 25.1 Å². The molecule has 1 rings (SSSR count). The van der Waals surface area contributed by atoms with Crippen LogP contribution in [-0.4, -0.2) is 30.4 Å². The van der Waals surface area contributed by atoms with Crippen LogP contribution in [0.15, 0.2) is 5.16 Å². The molecule has 0 unspecified atom stereocenters. The molecule has 1 fully saturated rings. The predicted octanol–water partition coefficient (Wildman–Crippen LogP) is 0.845. The Morgan fingerprint density at radius 3 is 3.18 bits per heavy atom. The number of thioether (sulfide) groups is 1. The van der Waals surface area contributed by atoms with Gasteiger partial charge in [0.1, 0.15) is 6.61 Å². The lowest BCUT2D eigenvalue weighted by atomic mass is 10.3. The van der Waals surface area contributed by atoms with Crippen molar-refractivity contribution in [3.8, 4) is 0 Å². The molecule has 0 bridgehead atoms. The van der Waals surface area contributed by atoms with Gasteiger partial charge in [-0.3, -0.25) is 0 Å². The highest BCUT2D eigenvalue weighted by Gasteiger charge is 2.08. The van der Waals surface area contributed by atoms with Crippen molar-refractivity contribution in [1.82, 2.24) is 0 Å². The van der Waals surface area contributed by atoms with E-state index in [0.717, 1.165) is 18.6 Å². The molecule has 0 aromatic rings. The van der Waals surface area contributed by atoms with Crippen LogP contribution in [-0.2, 0) is 4.84 Å². The molecule has 0 aromatic carbocycles. The monoisotopic (exact) mass is 174 g/mol. The third-order valence-electron chi connectivity index (χ3n) is 1.44. The lowest BCUT2D eigenvalue weighted by Crippen LogP contribution is -2.03. The molecule has 0 radical (unpaired) electrons. The molecule has 0 amide bonds. The number of nitrogens with zero attached hydrogens (tertiary/aromatic N) is 1. The lowest BCUT2D eigenvalue weighted by Gasteiger charge is -1.97. The number of hydrogen-bond donors (Lipinski definition) is 1. The Bertz CT molecular complexity index is 130. The molecule has 0 saturated carbocycles. The Labute approximate surface area is 71.3 Å². The minimum Gasteiger partial charge on any atom is -0.396 e. The molecule has 1 aliphatic heterocycles. The minimum absolute atomic E-state index is 0.657. The Kier molecular flexibility index (Phi) is 4.38. The topological polar surface area (TPSA) is 47.6 Å². The second kappa shape index (κ2) is 5.43. The number of oxime groups is 1. The van der Waals surface area contributed by atoms with Crippen molar-refractivity contribution in [1.29, 1.82) is 0 Å². The van der Waals surface area contributed by atoms with Crippen molar-refractivity contribution in [2.75, 3.05) is 24.7 Å². The summed E-state index contributed by atoms with van der Waals surface area (Å²) in [6.45, 7) is 1.34. The zero-order chi connectivity index (χ0) is 7.94. The SMILES string of the molecule is NCCCON=C1CCSC1. The van der Waals surface area contributed by atoms with E-state index in [1.54, 1.807) is 0 Å². The van der Waals surface area contributed by atoms with Crippen LogP contribution in [0, 0.1) is 0 Å². The Hall–Kier alpha value is -0.220. The van der Waals surface area contributed by atoms with Crippen LogP contribution in [0.1, 0.15) is 12.8 Å². The maximum Gasteiger partial charge on any atom is 0.118 e. The van der Waals surface area contributed by atoms with Gasteiger partial charge in [-0.25, -0.2) is 0 Å². The summed E-state index contributed by atoms with van der Waals surface area (Å²) in [6, 6.07) is 0. The van der Waals surface area contributed by atoms with E-state index < -0.39 is 0 Å². The first-order valence-electron chi connectivity index (χ1n) is 3.89. The number of nitrogens with two attached hydrogens (primary N) is 1. The molecule has 4 heteroatoms. The minimum atomic E-state index is 0.657. The fourth-order valence-corrected chi connectivity index (χ4v) is 1.77. The largest absolute Gasteiger partial charge is 0.396 e. The summed E-state index contributed by atoms with van der Waals surface area (Å²) < 4.78 is 0. The zero-order valence-electron chi connectivity index (χ0n) is 6.58. The standard InChI is InChI=1S/C7H14N2OS/c8-3-1-4-10-9-7-2-5-11-6-7/h1-6,8H2. The van der Waals surface area contributed by atoms with E-state index in [2.05, 4.69) is 5.16 Å². The highest BCUT2D eigenvalue weighted by atomic mass is 32.2. The Morgan fingerprint density at radius 2 is 2.55 bits per heavy atom. The highest BCUT2D eigenvalue weighted by Crippen LogP contribution is 2.14. The maximum absolute atomic E-state index is 5.29. The summed E-state index contributed by atoms with van der Waals surface area (Å²) in [4.78, 5) is 5.05. The number of hydrogen-bond acceptors (Lipinski definition) is 4. The van der Waals surface area contributed by atoms with Crippen LogP contribution in [0.5, 0.6) is 0 Å². The van der Waals surface area contributed by atoms with Crippen LogP contribution >= 0.6 is 11.8 Å². The van der Waals surface area contributed by atoms with Crippen molar-refractivity contribution in [3.05, 3.63) is 0 Å². The Balaban J connectivity index is 2.03. The van der Waals surface area contributed by atoms with Gasteiger partial charge >= 0.3 is 0 Å². The molecule has 1 saturated heterocycles. The van der Waals surface area contributed by atoms with Gasteiger partial charge in [0.25, 0.3) is 0 Å². The van der Waals surface area contributed by atoms with E-state index in [1.165, 1.54) is 11.5 Å². The Morgan fingerprint density at radius 1 is 1.64 bits per heavy atom. The molecular formula is C7H14N2OS. The van der Waals surface area contributed by atoms with Crippen molar-refractivity contribution in [2.24, 2.45) is 10.9 Å². The first-order chi connectivity index (χ1) is 5.43. The zero-order valence-corrected chi connectivity index (χ0v) is 7.40. The van der Waals surface area contributed by atoms with Crippen molar-refractivity contribution >= 4 is 17.5 Å². The molecule has 0 spiro atoms. The van der Waals surface area contributed by atoms with Gasteiger partial charge in [0, 0.05) is 5.75 Å². The van der Waals surface area contributed by atoms with Gasteiger partial charge in [0.2, 0.25) is 0 Å². The van der Waals surface area contributed by atoms with Crippen molar-refractivity contribution < 1.29 is 4.84 Å². The summed E-state index contributed by atoms with van der Waals surface area (Å²) in [5.74, 6) is 2.24. The smallest absolute Gasteiger partial charge is 0.118 e. The summed E-state index contributed by atoms with van der Waals surface area (Å²) in [5, 5.41) is 4.00. The van der Waals surface area contributed by atoms with Crippen LogP contribution in [0.3, 0.4) is 0 Å². The van der Waals surface area contributed by atoms with Gasteiger partial charge < -0.3 is 10.6 Å². The average Bonchev–Trinajstić information content (AvgIpc) is 2.50. The molecule has 0 aliphatic carbocycles. The lowest BCUT2D eigenvalue weighted by molar-refractivity contribution is 0.143. The van der Waals surface area contributed by atoms with Gasteiger partial charge in [0.05, 0.1) is 5.71 Å². The third kappa shape index (κ3) is 3.62. The first kappa shape index (κ1) is 8.87. The molecule has 0 aromatic heterocycles.